The summed E-state index contributed by atoms with van der Waals surface area (Å²) < 4.78 is 18.9. The number of aromatic nitrogens is 2. The van der Waals surface area contributed by atoms with Crippen LogP contribution in [0.1, 0.15) is 25.7 Å². The highest BCUT2D eigenvalue weighted by Crippen LogP contribution is 2.34. The molecule has 160 valence electrons. The molecule has 2 N–H and O–H groups in total. The van der Waals surface area contributed by atoms with E-state index in [9.17, 15) is 9.18 Å². The first kappa shape index (κ1) is 21.1. The van der Waals surface area contributed by atoms with Crippen molar-refractivity contribution in [2.45, 2.75) is 25.7 Å². The van der Waals surface area contributed by atoms with Crippen LogP contribution < -0.4 is 15.4 Å². The first-order valence-corrected chi connectivity index (χ1v) is 10.4. The second-order valence-electron chi connectivity index (χ2n) is 7.47. The summed E-state index contributed by atoms with van der Waals surface area (Å²) in [4.78, 5) is 21.0. The molecule has 0 atom stereocenters. The maximum atomic E-state index is 13.5. The minimum absolute atomic E-state index is 0.00618. The largest absolute Gasteiger partial charge is 0.494 e. The number of anilines is 3. The van der Waals surface area contributed by atoms with Crippen LogP contribution in [0.5, 0.6) is 5.75 Å². The van der Waals surface area contributed by atoms with Gasteiger partial charge in [-0.2, -0.15) is 0 Å². The van der Waals surface area contributed by atoms with Crippen molar-refractivity contribution in [1.29, 1.82) is 0 Å². The van der Waals surface area contributed by atoms with Crippen LogP contribution in [-0.2, 0) is 4.79 Å². The maximum absolute atomic E-state index is 13.5. The lowest BCUT2D eigenvalue weighted by molar-refractivity contribution is -0.111. The van der Waals surface area contributed by atoms with E-state index in [0.29, 0.717) is 39.8 Å². The van der Waals surface area contributed by atoms with Crippen LogP contribution in [0.4, 0.5) is 21.6 Å². The Morgan fingerprint density at radius 1 is 1.29 bits per heavy atom. The number of allylic oxidation sites excluding steroid dienone is 1. The SMILES string of the molecule is COc1cc2ncnc(Nc3ccc(F)c(Cl)c3)c2cc1NC(=O)/C=C/CC1CCC1. The first-order chi connectivity index (χ1) is 15.0. The third kappa shape index (κ3) is 4.94. The molecule has 0 spiro atoms. The van der Waals surface area contributed by atoms with Gasteiger partial charge in [-0.3, -0.25) is 4.79 Å². The summed E-state index contributed by atoms with van der Waals surface area (Å²) in [7, 11) is 1.53. The molecule has 1 aliphatic rings. The van der Waals surface area contributed by atoms with Gasteiger partial charge in [-0.1, -0.05) is 36.9 Å². The van der Waals surface area contributed by atoms with Gasteiger partial charge in [0.25, 0.3) is 0 Å². The molecule has 8 heteroatoms. The van der Waals surface area contributed by atoms with E-state index in [2.05, 4.69) is 20.6 Å². The minimum Gasteiger partial charge on any atom is -0.494 e. The lowest BCUT2D eigenvalue weighted by atomic mass is 9.83. The molecule has 2 aromatic carbocycles. The molecule has 0 unspecified atom stereocenters. The van der Waals surface area contributed by atoms with E-state index in [1.807, 2.05) is 6.08 Å². The third-order valence-corrected chi connectivity index (χ3v) is 5.65. The molecule has 0 radical (unpaired) electrons. The van der Waals surface area contributed by atoms with Crippen LogP contribution in [0.25, 0.3) is 10.9 Å². The summed E-state index contributed by atoms with van der Waals surface area (Å²) in [6, 6.07) is 7.80. The monoisotopic (exact) mass is 440 g/mol. The Hall–Kier alpha value is -3.19. The van der Waals surface area contributed by atoms with E-state index in [0.717, 1.165) is 6.42 Å². The van der Waals surface area contributed by atoms with Crippen molar-refractivity contribution in [3.05, 3.63) is 59.7 Å². The average Bonchev–Trinajstić information content (AvgIpc) is 2.72. The van der Waals surface area contributed by atoms with E-state index in [4.69, 9.17) is 16.3 Å². The quantitative estimate of drug-likeness (QED) is 0.450. The number of rotatable bonds is 7. The average molecular weight is 441 g/mol. The van der Waals surface area contributed by atoms with Gasteiger partial charge in [0.2, 0.25) is 5.91 Å². The summed E-state index contributed by atoms with van der Waals surface area (Å²) in [5.41, 5.74) is 1.70. The van der Waals surface area contributed by atoms with Crippen LogP contribution in [0.15, 0.2) is 48.8 Å². The summed E-state index contributed by atoms with van der Waals surface area (Å²) in [6.45, 7) is 0. The van der Waals surface area contributed by atoms with Gasteiger partial charge in [-0.05, 0) is 42.7 Å². The Labute approximate surface area is 184 Å². The third-order valence-electron chi connectivity index (χ3n) is 5.36. The van der Waals surface area contributed by atoms with Gasteiger partial charge >= 0.3 is 0 Å². The van der Waals surface area contributed by atoms with E-state index in [1.165, 1.54) is 44.8 Å². The van der Waals surface area contributed by atoms with Crippen LogP contribution in [-0.4, -0.2) is 23.0 Å². The number of benzene rings is 2. The Kier molecular flexibility index (Phi) is 6.32. The van der Waals surface area contributed by atoms with Crippen molar-refractivity contribution >= 4 is 45.6 Å². The van der Waals surface area contributed by atoms with Gasteiger partial charge < -0.3 is 15.4 Å². The van der Waals surface area contributed by atoms with Crippen molar-refractivity contribution in [1.82, 2.24) is 9.97 Å². The van der Waals surface area contributed by atoms with Crippen molar-refractivity contribution in [2.75, 3.05) is 17.7 Å². The molecule has 1 aromatic heterocycles. The zero-order valence-corrected chi connectivity index (χ0v) is 17.7. The van der Waals surface area contributed by atoms with E-state index in [-0.39, 0.29) is 10.9 Å². The van der Waals surface area contributed by atoms with Gasteiger partial charge in [-0.15, -0.1) is 0 Å². The number of hydrogen-bond donors (Lipinski definition) is 2. The smallest absolute Gasteiger partial charge is 0.248 e. The van der Waals surface area contributed by atoms with Crippen LogP contribution in [0, 0.1) is 11.7 Å². The Morgan fingerprint density at radius 2 is 2.13 bits per heavy atom. The molecule has 6 nitrogen and oxygen atoms in total. The van der Waals surface area contributed by atoms with Crippen LogP contribution >= 0.6 is 11.6 Å². The fourth-order valence-electron chi connectivity index (χ4n) is 3.43. The minimum atomic E-state index is -0.500. The second kappa shape index (κ2) is 9.31. The summed E-state index contributed by atoms with van der Waals surface area (Å²) in [6.07, 6.45) is 9.56. The highest BCUT2D eigenvalue weighted by atomic mass is 35.5. The molecule has 3 aromatic rings. The number of carbonyl (C=O) groups is 1. The van der Waals surface area contributed by atoms with Crippen molar-refractivity contribution in [3.63, 3.8) is 0 Å². The molecule has 4 rings (SSSR count). The van der Waals surface area contributed by atoms with E-state index < -0.39 is 5.82 Å². The zero-order chi connectivity index (χ0) is 21.8. The van der Waals surface area contributed by atoms with Gasteiger partial charge in [0.05, 0.1) is 23.3 Å². The lowest BCUT2D eigenvalue weighted by Crippen LogP contribution is -2.11. The Morgan fingerprint density at radius 3 is 2.84 bits per heavy atom. The highest BCUT2D eigenvalue weighted by Gasteiger charge is 2.16. The number of hydrogen-bond acceptors (Lipinski definition) is 5. The summed E-state index contributed by atoms with van der Waals surface area (Å²) >= 11 is 5.88. The molecule has 0 bridgehead atoms. The van der Waals surface area contributed by atoms with Gasteiger partial charge in [-0.25, -0.2) is 14.4 Å². The predicted molar refractivity (Wildman–Crippen MR) is 121 cm³/mol. The molecule has 1 fully saturated rings. The highest BCUT2D eigenvalue weighted by molar-refractivity contribution is 6.31. The standard InChI is InChI=1S/C23H22ClFN4O2/c1-31-21-12-19-16(11-20(21)29-22(30)7-3-6-14-4-2-5-14)23(27-13-26-19)28-15-8-9-18(25)17(24)10-15/h3,7-14H,2,4-6H2,1H3,(H,29,30)(H,26,27,28)/b7-3+. The van der Waals surface area contributed by atoms with Crippen molar-refractivity contribution < 1.29 is 13.9 Å². The molecule has 1 aliphatic carbocycles. The molecule has 1 heterocycles. The Balaban J connectivity index is 1.60. The molecular formula is C23H22ClFN4O2. The normalized spacial score (nSPS) is 13.9. The number of amides is 1. The van der Waals surface area contributed by atoms with E-state index >= 15 is 0 Å². The number of ether oxygens (including phenoxy) is 1. The molecule has 0 saturated heterocycles. The van der Waals surface area contributed by atoms with Crippen molar-refractivity contribution in [2.24, 2.45) is 5.92 Å². The van der Waals surface area contributed by atoms with Crippen molar-refractivity contribution in [3.8, 4) is 5.75 Å². The molecule has 1 saturated carbocycles. The lowest BCUT2D eigenvalue weighted by Gasteiger charge is -2.23. The number of methoxy groups -OCH3 is 1. The number of fused-ring (bicyclic) bond motifs is 1. The van der Waals surface area contributed by atoms with Gasteiger partial charge in [0.1, 0.15) is 23.7 Å². The number of carbonyl (C=O) groups excluding carboxylic acids is 1. The fourth-order valence-corrected chi connectivity index (χ4v) is 3.61. The number of nitrogens with zero attached hydrogens (tertiary/aromatic N) is 2. The maximum Gasteiger partial charge on any atom is 0.248 e. The molecular weight excluding hydrogens is 419 g/mol. The van der Waals surface area contributed by atoms with Gasteiger partial charge in [0.15, 0.2) is 0 Å². The number of nitrogens with one attached hydrogen (secondary N) is 2. The number of halogens is 2. The van der Waals surface area contributed by atoms with E-state index in [1.54, 1.807) is 24.3 Å². The zero-order valence-electron chi connectivity index (χ0n) is 17.0. The van der Waals surface area contributed by atoms with Gasteiger partial charge in [0, 0.05) is 17.1 Å². The molecule has 31 heavy (non-hydrogen) atoms. The second-order valence-corrected chi connectivity index (χ2v) is 7.88. The fraction of sp³-hybridized carbons (Fsp3) is 0.261. The summed E-state index contributed by atoms with van der Waals surface area (Å²) in [5, 5.41) is 6.66. The summed E-state index contributed by atoms with van der Waals surface area (Å²) in [5.74, 6) is 0.951. The first-order valence-electron chi connectivity index (χ1n) is 10.1. The topological polar surface area (TPSA) is 76.1 Å². The van der Waals surface area contributed by atoms with Crippen LogP contribution in [0.2, 0.25) is 5.02 Å². The molecule has 0 aliphatic heterocycles. The Bertz CT molecular complexity index is 1150. The predicted octanol–water partition coefficient (Wildman–Crippen LogP) is 5.86. The molecule has 1 amide bonds. The van der Waals surface area contributed by atoms with Crippen LogP contribution in [0.3, 0.4) is 0 Å².